The summed E-state index contributed by atoms with van der Waals surface area (Å²) in [6, 6.07) is 3.86. The van der Waals surface area contributed by atoms with Gasteiger partial charge in [0, 0.05) is 13.1 Å². The highest BCUT2D eigenvalue weighted by atomic mass is 32.1. The van der Waals surface area contributed by atoms with Gasteiger partial charge in [-0.25, -0.2) is 0 Å². The average Bonchev–Trinajstić information content (AvgIpc) is 3.02. The van der Waals surface area contributed by atoms with Gasteiger partial charge in [0.05, 0.1) is 17.6 Å². The smallest absolute Gasteiger partial charge is 0.264 e. The van der Waals surface area contributed by atoms with Gasteiger partial charge in [0.15, 0.2) is 0 Å². The van der Waals surface area contributed by atoms with E-state index in [1.165, 1.54) is 43.4 Å². The first kappa shape index (κ1) is 14.1. The Morgan fingerprint density at radius 3 is 2.95 bits per heavy atom. The number of hydrogen-bond donors (Lipinski definition) is 0. The monoisotopic (exact) mass is 293 g/mol. The zero-order valence-corrected chi connectivity index (χ0v) is 12.7. The predicted molar refractivity (Wildman–Crippen MR) is 81.2 cm³/mol. The quantitative estimate of drug-likeness (QED) is 0.853. The van der Waals surface area contributed by atoms with Gasteiger partial charge >= 0.3 is 0 Å². The fourth-order valence-electron chi connectivity index (χ4n) is 3.40. The number of carbonyl (C=O) groups is 1. The van der Waals surface area contributed by atoms with Crippen molar-refractivity contribution >= 4 is 17.2 Å². The lowest BCUT2D eigenvalue weighted by atomic mass is 9.85. The van der Waals surface area contributed by atoms with Gasteiger partial charge in [0.25, 0.3) is 5.91 Å². The van der Waals surface area contributed by atoms with Crippen LogP contribution in [0.3, 0.4) is 0 Å². The predicted octanol–water partition coefficient (Wildman–Crippen LogP) is 3.56. The molecule has 1 saturated carbocycles. The van der Waals surface area contributed by atoms with E-state index in [1.54, 1.807) is 0 Å². The number of thiophene rings is 1. The number of ether oxygens (including phenoxy) is 1. The van der Waals surface area contributed by atoms with Crippen LogP contribution in [-0.4, -0.2) is 36.6 Å². The molecule has 0 radical (unpaired) electrons. The van der Waals surface area contributed by atoms with Crippen molar-refractivity contribution in [1.29, 1.82) is 0 Å². The van der Waals surface area contributed by atoms with Crippen molar-refractivity contribution in [2.45, 2.75) is 44.6 Å². The van der Waals surface area contributed by atoms with E-state index in [4.69, 9.17) is 4.74 Å². The van der Waals surface area contributed by atoms with Crippen molar-refractivity contribution in [3.05, 3.63) is 22.4 Å². The van der Waals surface area contributed by atoms with E-state index in [1.807, 2.05) is 22.4 Å². The first-order valence-electron chi connectivity index (χ1n) is 7.77. The Labute approximate surface area is 124 Å². The standard InChI is InChI=1S/C16H23NO2S/c18-16(15-7-4-10-20-15)17-8-9-19-14(12-17)11-13-5-2-1-3-6-13/h4,7,10,13-14H,1-3,5-6,8-9,11-12H2/t14-/m1/s1. The molecule has 3 rings (SSSR count). The summed E-state index contributed by atoms with van der Waals surface area (Å²) >= 11 is 1.53. The van der Waals surface area contributed by atoms with E-state index in [2.05, 4.69) is 0 Å². The zero-order valence-electron chi connectivity index (χ0n) is 11.9. The van der Waals surface area contributed by atoms with Crippen LogP contribution in [0.25, 0.3) is 0 Å². The summed E-state index contributed by atoms with van der Waals surface area (Å²) in [6.07, 6.45) is 8.21. The first-order valence-corrected chi connectivity index (χ1v) is 8.65. The minimum absolute atomic E-state index is 0.178. The molecule has 1 aromatic heterocycles. The average molecular weight is 293 g/mol. The molecule has 0 N–H and O–H groups in total. The second-order valence-electron chi connectivity index (χ2n) is 5.96. The summed E-state index contributed by atoms with van der Waals surface area (Å²) in [4.78, 5) is 15.2. The summed E-state index contributed by atoms with van der Waals surface area (Å²) in [5.41, 5.74) is 0. The first-order chi connectivity index (χ1) is 9.83. The number of rotatable bonds is 3. The highest BCUT2D eigenvalue weighted by molar-refractivity contribution is 7.12. The fourth-order valence-corrected chi connectivity index (χ4v) is 4.09. The Balaban J connectivity index is 1.54. The Kier molecular flexibility index (Phi) is 4.73. The molecule has 110 valence electrons. The number of carbonyl (C=O) groups excluding carboxylic acids is 1. The lowest BCUT2D eigenvalue weighted by molar-refractivity contribution is -0.0335. The Morgan fingerprint density at radius 2 is 2.20 bits per heavy atom. The molecule has 2 heterocycles. The molecule has 0 spiro atoms. The molecule has 1 aliphatic carbocycles. The van der Waals surface area contributed by atoms with Crippen LogP contribution in [0, 0.1) is 5.92 Å². The number of nitrogens with zero attached hydrogens (tertiary/aromatic N) is 1. The molecule has 0 aromatic carbocycles. The normalized spacial score (nSPS) is 24.8. The Hall–Kier alpha value is -0.870. The van der Waals surface area contributed by atoms with Crippen molar-refractivity contribution in [3.8, 4) is 0 Å². The molecule has 0 bridgehead atoms. The summed E-state index contributed by atoms with van der Waals surface area (Å²) in [5, 5.41) is 1.97. The van der Waals surface area contributed by atoms with Crippen molar-refractivity contribution in [2.24, 2.45) is 5.92 Å². The second-order valence-corrected chi connectivity index (χ2v) is 6.91. The maximum atomic E-state index is 12.4. The summed E-state index contributed by atoms with van der Waals surface area (Å²) in [5.74, 6) is 0.988. The van der Waals surface area contributed by atoms with Gasteiger partial charge in [0.2, 0.25) is 0 Å². The van der Waals surface area contributed by atoms with E-state index < -0.39 is 0 Å². The topological polar surface area (TPSA) is 29.5 Å². The van der Waals surface area contributed by atoms with Crippen molar-refractivity contribution < 1.29 is 9.53 Å². The Morgan fingerprint density at radius 1 is 1.35 bits per heavy atom. The van der Waals surface area contributed by atoms with Gasteiger partial charge in [-0.15, -0.1) is 11.3 Å². The van der Waals surface area contributed by atoms with Crippen LogP contribution in [0.15, 0.2) is 17.5 Å². The van der Waals surface area contributed by atoms with Crippen LogP contribution >= 0.6 is 11.3 Å². The lowest BCUT2D eigenvalue weighted by Gasteiger charge is -2.35. The number of hydrogen-bond acceptors (Lipinski definition) is 3. The summed E-state index contributed by atoms with van der Waals surface area (Å²) in [6.45, 7) is 2.19. The van der Waals surface area contributed by atoms with Crippen LogP contribution in [0.1, 0.15) is 48.2 Å². The molecular formula is C16H23NO2S. The van der Waals surface area contributed by atoms with Crippen molar-refractivity contribution in [2.75, 3.05) is 19.7 Å². The molecule has 1 aromatic rings. The molecule has 1 atom stereocenters. The maximum absolute atomic E-state index is 12.4. The minimum Gasteiger partial charge on any atom is -0.375 e. The zero-order chi connectivity index (χ0) is 13.8. The summed E-state index contributed by atoms with van der Waals surface area (Å²) < 4.78 is 5.89. The highest BCUT2D eigenvalue weighted by Crippen LogP contribution is 2.29. The van der Waals surface area contributed by atoms with Crippen molar-refractivity contribution in [1.82, 2.24) is 4.90 Å². The van der Waals surface area contributed by atoms with Gasteiger partial charge in [-0.3, -0.25) is 4.79 Å². The molecule has 0 unspecified atom stereocenters. The number of morpholine rings is 1. The maximum Gasteiger partial charge on any atom is 0.264 e. The number of amides is 1. The molecule has 20 heavy (non-hydrogen) atoms. The SMILES string of the molecule is O=C(c1cccs1)N1CCO[C@H](CC2CCCCC2)C1. The van der Waals surface area contributed by atoms with Crippen LogP contribution < -0.4 is 0 Å². The van der Waals surface area contributed by atoms with E-state index >= 15 is 0 Å². The third kappa shape index (κ3) is 3.41. The third-order valence-electron chi connectivity index (χ3n) is 4.48. The molecule has 1 saturated heterocycles. The van der Waals surface area contributed by atoms with Crippen LogP contribution in [0.5, 0.6) is 0 Å². The van der Waals surface area contributed by atoms with Crippen LogP contribution in [0.4, 0.5) is 0 Å². The van der Waals surface area contributed by atoms with Gasteiger partial charge in [-0.1, -0.05) is 38.2 Å². The van der Waals surface area contributed by atoms with Gasteiger partial charge in [-0.2, -0.15) is 0 Å². The lowest BCUT2D eigenvalue weighted by Crippen LogP contribution is -2.46. The van der Waals surface area contributed by atoms with Crippen LogP contribution in [-0.2, 0) is 4.74 Å². The van der Waals surface area contributed by atoms with Crippen LogP contribution in [0.2, 0.25) is 0 Å². The molecule has 2 fully saturated rings. The molecule has 2 aliphatic rings. The van der Waals surface area contributed by atoms with Crippen molar-refractivity contribution in [3.63, 3.8) is 0 Å². The van der Waals surface area contributed by atoms with E-state index in [9.17, 15) is 4.79 Å². The highest BCUT2D eigenvalue weighted by Gasteiger charge is 2.27. The van der Waals surface area contributed by atoms with Gasteiger partial charge in [0.1, 0.15) is 0 Å². The summed E-state index contributed by atoms with van der Waals surface area (Å²) in [7, 11) is 0. The molecule has 1 aliphatic heterocycles. The minimum atomic E-state index is 0.178. The molecular weight excluding hydrogens is 270 g/mol. The van der Waals surface area contributed by atoms with E-state index in [0.29, 0.717) is 6.61 Å². The largest absolute Gasteiger partial charge is 0.375 e. The third-order valence-corrected chi connectivity index (χ3v) is 5.34. The van der Waals surface area contributed by atoms with Gasteiger partial charge in [-0.05, 0) is 23.8 Å². The molecule has 1 amide bonds. The molecule has 3 nitrogen and oxygen atoms in total. The fraction of sp³-hybridized carbons (Fsp3) is 0.688. The Bertz CT molecular complexity index is 426. The van der Waals surface area contributed by atoms with E-state index in [0.717, 1.165) is 30.3 Å². The van der Waals surface area contributed by atoms with E-state index in [-0.39, 0.29) is 12.0 Å². The second kappa shape index (κ2) is 6.72. The van der Waals surface area contributed by atoms with Gasteiger partial charge < -0.3 is 9.64 Å². The molecule has 4 heteroatoms.